The molecular weight excluding hydrogens is 248 g/mol. The van der Waals surface area contributed by atoms with E-state index in [-0.39, 0.29) is 5.56 Å². The van der Waals surface area contributed by atoms with Crippen molar-refractivity contribution in [2.75, 3.05) is 0 Å². The van der Waals surface area contributed by atoms with Crippen LogP contribution < -0.4 is 4.74 Å². The van der Waals surface area contributed by atoms with Gasteiger partial charge in [-0.2, -0.15) is 8.78 Å². The Morgan fingerprint density at radius 3 is 2.50 bits per heavy atom. The molecule has 0 aliphatic heterocycles. The Morgan fingerprint density at radius 1 is 1.50 bits per heavy atom. The second kappa shape index (κ2) is 5.52. The molecule has 1 aromatic rings. The van der Waals surface area contributed by atoms with Gasteiger partial charge in [-0.3, -0.25) is 14.9 Å². The molecule has 0 saturated heterocycles. The van der Waals surface area contributed by atoms with Crippen LogP contribution in [0.3, 0.4) is 0 Å². The van der Waals surface area contributed by atoms with Crippen molar-refractivity contribution >= 4 is 11.5 Å². The first-order valence-electron chi connectivity index (χ1n) is 5.14. The third-order valence-electron chi connectivity index (χ3n) is 2.36. The van der Waals surface area contributed by atoms with Crippen molar-refractivity contribution in [2.24, 2.45) is 0 Å². The Hall–Kier alpha value is -2.05. The van der Waals surface area contributed by atoms with Crippen molar-refractivity contribution in [2.45, 2.75) is 26.9 Å². The number of hydrogen-bond acceptors (Lipinski definition) is 4. The van der Waals surface area contributed by atoms with Crippen LogP contribution in [0, 0.1) is 10.1 Å². The van der Waals surface area contributed by atoms with Gasteiger partial charge in [-0.05, 0) is 18.9 Å². The molecule has 0 aliphatic rings. The standard InChI is InChI=1S/C11H11F2NO4/c1-3-7-4-5-8(14(16)17)10(18-11(12)13)9(7)6(2)15/h4-5,11H,3H2,1-2H3. The van der Waals surface area contributed by atoms with Crippen LogP contribution in [0.5, 0.6) is 5.75 Å². The molecule has 0 fully saturated rings. The van der Waals surface area contributed by atoms with Gasteiger partial charge in [0.1, 0.15) is 0 Å². The molecule has 0 saturated carbocycles. The first kappa shape index (κ1) is 14.0. The Kier molecular flexibility index (Phi) is 4.30. The molecule has 0 atom stereocenters. The zero-order valence-corrected chi connectivity index (χ0v) is 9.78. The number of carbonyl (C=O) groups is 1. The fraction of sp³-hybridized carbons (Fsp3) is 0.364. The van der Waals surface area contributed by atoms with Gasteiger partial charge in [0.15, 0.2) is 5.78 Å². The maximum atomic E-state index is 12.3. The molecule has 0 unspecified atom stereocenters. The number of aryl methyl sites for hydroxylation is 1. The largest absolute Gasteiger partial charge is 0.427 e. The molecule has 0 aliphatic carbocycles. The van der Waals surface area contributed by atoms with Gasteiger partial charge in [0.05, 0.1) is 10.5 Å². The molecule has 0 spiro atoms. The predicted molar refractivity (Wildman–Crippen MR) is 59.1 cm³/mol. The van der Waals surface area contributed by atoms with Crippen LogP contribution in [-0.2, 0) is 6.42 Å². The summed E-state index contributed by atoms with van der Waals surface area (Å²) in [5, 5.41) is 10.7. The number of ketones is 1. The second-order valence-electron chi connectivity index (χ2n) is 3.49. The van der Waals surface area contributed by atoms with E-state index in [0.29, 0.717) is 12.0 Å². The minimum Gasteiger partial charge on any atom is -0.427 e. The highest BCUT2D eigenvalue weighted by Crippen LogP contribution is 2.35. The highest BCUT2D eigenvalue weighted by Gasteiger charge is 2.26. The van der Waals surface area contributed by atoms with Crippen molar-refractivity contribution < 1.29 is 23.2 Å². The van der Waals surface area contributed by atoms with E-state index in [1.807, 2.05) is 0 Å². The summed E-state index contributed by atoms with van der Waals surface area (Å²) in [4.78, 5) is 21.3. The number of nitrogens with zero attached hydrogens (tertiary/aromatic N) is 1. The van der Waals surface area contributed by atoms with Crippen molar-refractivity contribution in [3.05, 3.63) is 33.4 Å². The van der Waals surface area contributed by atoms with E-state index in [2.05, 4.69) is 4.74 Å². The molecule has 98 valence electrons. The number of alkyl halides is 2. The zero-order valence-electron chi connectivity index (χ0n) is 9.78. The summed E-state index contributed by atoms with van der Waals surface area (Å²) in [6, 6.07) is 2.43. The highest BCUT2D eigenvalue weighted by molar-refractivity contribution is 5.99. The molecule has 0 radical (unpaired) electrons. The summed E-state index contributed by atoms with van der Waals surface area (Å²) in [6.07, 6.45) is 0.381. The monoisotopic (exact) mass is 259 g/mol. The van der Waals surface area contributed by atoms with Crippen molar-refractivity contribution in [3.8, 4) is 5.75 Å². The maximum absolute atomic E-state index is 12.3. The van der Waals surface area contributed by atoms with E-state index < -0.39 is 28.8 Å². The predicted octanol–water partition coefficient (Wildman–Crippen LogP) is 2.96. The third-order valence-corrected chi connectivity index (χ3v) is 2.36. The van der Waals surface area contributed by atoms with Crippen LogP contribution in [0.4, 0.5) is 14.5 Å². The fourth-order valence-electron chi connectivity index (χ4n) is 1.65. The lowest BCUT2D eigenvalue weighted by Gasteiger charge is -2.12. The molecule has 0 N–H and O–H groups in total. The third kappa shape index (κ3) is 2.79. The second-order valence-corrected chi connectivity index (χ2v) is 3.49. The molecular formula is C11H11F2NO4. The Balaban J connectivity index is 3.54. The van der Waals surface area contributed by atoms with Crippen LogP contribution in [0.2, 0.25) is 0 Å². The van der Waals surface area contributed by atoms with E-state index in [0.717, 1.165) is 13.0 Å². The van der Waals surface area contributed by atoms with Gasteiger partial charge >= 0.3 is 12.3 Å². The van der Waals surface area contributed by atoms with E-state index >= 15 is 0 Å². The molecule has 0 amide bonds. The van der Waals surface area contributed by atoms with Gasteiger partial charge in [0.2, 0.25) is 5.75 Å². The van der Waals surface area contributed by atoms with Gasteiger partial charge in [-0.15, -0.1) is 0 Å². The number of nitro benzene ring substituents is 1. The van der Waals surface area contributed by atoms with E-state index in [1.165, 1.54) is 6.07 Å². The molecule has 0 heterocycles. The lowest BCUT2D eigenvalue weighted by Crippen LogP contribution is -2.11. The van der Waals surface area contributed by atoms with Gasteiger partial charge in [0, 0.05) is 6.07 Å². The number of nitro groups is 1. The van der Waals surface area contributed by atoms with Crippen molar-refractivity contribution in [3.63, 3.8) is 0 Å². The lowest BCUT2D eigenvalue weighted by atomic mass is 10.00. The quantitative estimate of drug-likeness (QED) is 0.463. The lowest BCUT2D eigenvalue weighted by molar-refractivity contribution is -0.386. The van der Waals surface area contributed by atoms with E-state index in [1.54, 1.807) is 6.92 Å². The number of hydrogen-bond donors (Lipinski definition) is 0. The number of ether oxygens (including phenoxy) is 1. The zero-order chi connectivity index (χ0) is 13.9. The van der Waals surface area contributed by atoms with Gasteiger partial charge in [-0.25, -0.2) is 0 Å². The number of rotatable bonds is 5. The molecule has 0 aromatic heterocycles. The molecule has 0 bridgehead atoms. The van der Waals surface area contributed by atoms with Gasteiger partial charge in [-0.1, -0.05) is 13.0 Å². The van der Waals surface area contributed by atoms with Gasteiger partial charge in [0.25, 0.3) is 0 Å². The molecule has 5 nitrogen and oxygen atoms in total. The number of Topliss-reactive ketones (excluding diaryl/α,β-unsaturated/α-hetero) is 1. The summed E-state index contributed by atoms with van der Waals surface area (Å²) >= 11 is 0. The van der Waals surface area contributed by atoms with Crippen LogP contribution in [0.25, 0.3) is 0 Å². The molecule has 18 heavy (non-hydrogen) atoms. The minimum absolute atomic E-state index is 0.160. The van der Waals surface area contributed by atoms with Crippen LogP contribution >= 0.6 is 0 Å². The van der Waals surface area contributed by atoms with E-state index in [4.69, 9.17) is 0 Å². The Bertz CT molecular complexity index is 488. The smallest absolute Gasteiger partial charge is 0.387 e. The first-order valence-corrected chi connectivity index (χ1v) is 5.14. The van der Waals surface area contributed by atoms with Crippen LogP contribution in [0.1, 0.15) is 29.8 Å². The normalized spacial score (nSPS) is 10.5. The highest BCUT2D eigenvalue weighted by atomic mass is 19.3. The molecule has 7 heteroatoms. The Labute approximate surface area is 102 Å². The molecule has 1 aromatic carbocycles. The van der Waals surface area contributed by atoms with Gasteiger partial charge < -0.3 is 4.74 Å². The summed E-state index contributed by atoms with van der Waals surface area (Å²) < 4.78 is 28.7. The Morgan fingerprint density at radius 2 is 2.11 bits per heavy atom. The summed E-state index contributed by atoms with van der Waals surface area (Å²) in [6.45, 7) is -0.370. The summed E-state index contributed by atoms with van der Waals surface area (Å²) in [5.74, 6) is -1.21. The average Bonchev–Trinajstić information content (AvgIpc) is 2.26. The SMILES string of the molecule is CCc1ccc([N+](=O)[O-])c(OC(F)F)c1C(C)=O. The summed E-state index contributed by atoms with van der Waals surface area (Å²) in [5.41, 5.74) is -0.367. The minimum atomic E-state index is -3.23. The van der Waals surface area contributed by atoms with Crippen LogP contribution in [-0.4, -0.2) is 17.3 Å². The van der Waals surface area contributed by atoms with Crippen molar-refractivity contribution in [1.82, 2.24) is 0 Å². The van der Waals surface area contributed by atoms with Crippen LogP contribution in [0.15, 0.2) is 12.1 Å². The maximum Gasteiger partial charge on any atom is 0.387 e. The molecule has 1 rings (SSSR count). The number of benzene rings is 1. The topological polar surface area (TPSA) is 69.4 Å². The first-order chi connectivity index (χ1) is 8.38. The summed E-state index contributed by atoms with van der Waals surface area (Å²) in [7, 11) is 0. The average molecular weight is 259 g/mol. The number of halogens is 2. The number of carbonyl (C=O) groups excluding carboxylic acids is 1. The van der Waals surface area contributed by atoms with E-state index in [9.17, 15) is 23.7 Å². The van der Waals surface area contributed by atoms with Crippen molar-refractivity contribution in [1.29, 1.82) is 0 Å². The fourth-order valence-corrected chi connectivity index (χ4v) is 1.65.